The summed E-state index contributed by atoms with van der Waals surface area (Å²) in [7, 11) is 0. The molecule has 0 aromatic heterocycles. The van der Waals surface area contributed by atoms with Crippen molar-refractivity contribution in [1.82, 2.24) is 0 Å². The van der Waals surface area contributed by atoms with Crippen LogP contribution in [0.15, 0.2) is 0 Å². The molecule has 0 saturated heterocycles. The zero-order chi connectivity index (χ0) is 14.3. The zero-order valence-corrected chi connectivity index (χ0v) is 16.7. The molecule has 0 radical (unpaired) electrons. The second-order valence-electron chi connectivity index (χ2n) is 6.42. The van der Waals surface area contributed by atoms with Crippen molar-refractivity contribution in [2.24, 2.45) is 11.8 Å². The van der Waals surface area contributed by atoms with Crippen LogP contribution in [0.5, 0.6) is 0 Å². The van der Waals surface area contributed by atoms with Crippen molar-refractivity contribution in [3.05, 3.63) is 0 Å². The van der Waals surface area contributed by atoms with Gasteiger partial charge in [-0.1, -0.05) is 0 Å². The van der Waals surface area contributed by atoms with Gasteiger partial charge in [0.25, 0.3) is 0 Å². The Hall–Kier alpha value is 0.543. The number of unbranched alkanes of at least 4 members (excludes halogenated alkanes) is 4. The Morgan fingerprint density at radius 1 is 0.632 bits per heavy atom. The molecule has 0 aromatic carbocycles. The molecular weight excluding hydrogens is 290 g/mol. The molecule has 3 heteroatoms. The van der Waals surface area contributed by atoms with Crippen molar-refractivity contribution in [2.45, 2.75) is 79.1 Å². The Morgan fingerprint density at radius 2 is 1.05 bits per heavy atom. The maximum absolute atomic E-state index is 5.65. The van der Waals surface area contributed by atoms with Crippen LogP contribution in [0.25, 0.3) is 0 Å². The van der Waals surface area contributed by atoms with Gasteiger partial charge in [-0.15, -0.1) is 0 Å². The van der Waals surface area contributed by atoms with Crippen LogP contribution in [0.3, 0.4) is 0 Å². The van der Waals surface area contributed by atoms with Gasteiger partial charge in [0.15, 0.2) is 0 Å². The molecule has 0 saturated carbocycles. The third-order valence-electron chi connectivity index (χ3n) is 3.31. The Labute approximate surface area is 129 Å². The van der Waals surface area contributed by atoms with E-state index in [0.29, 0.717) is 0 Å². The molecule has 0 aliphatic rings. The standard InChI is InChI=1S/2C8H17O.Zn/c2*1-8(2)6-4-3-5-7-9;/h2*8H,3-7H2,1-2H3;/q2*-1;+2. The third kappa shape index (κ3) is 18.5. The fraction of sp³-hybridized carbons (Fsp3) is 1.00. The van der Waals surface area contributed by atoms with Gasteiger partial charge in [0.1, 0.15) is 0 Å². The minimum absolute atomic E-state index is 0.845. The Bertz CT molecular complexity index is 154. The molecule has 2 nitrogen and oxygen atoms in total. The molecule has 0 aliphatic heterocycles. The van der Waals surface area contributed by atoms with Gasteiger partial charge >= 0.3 is 129 Å². The summed E-state index contributed by atoms with van der Waals surface area (Å²) in [5.74, 6) is 1.69. The molecule has 0 bridgehead atoms. The van der Waals surface area contributed by atoms with E-state index >= 15 is 0 Å². The monoisotopic (exact) mass is 322 g/mol. The van der Waals surface area contributed by atoms with E-state index in [4.69, 9.17) is 7.13 Å². The van der Waals surface area contributed by atoms with E-state index in [2.05, 4.69) is 27.7 Å². The van der Waals surface area contributed by atoms with Gasteiger partial charge in [0, 0.05) is 0 Å². The molecule has 0 fully saturated rings. The first-order chi connectivity index (χ1) is 9.13. The van der Waals surface area contributed by atoms with Gasteiger partial charge in [-0.3, -0.25) is 0 Å². The predicted molar refractivity (Wildman–Crippen MR) is 78.5 cm³/mol. The van der Waals surface area contributed by atoms with Gasteiger partial charge in [0.2, 0.25) is 0 Å². The summed E-state index contributed by atoms with van der Waals surface area (Å²) in [6, 6.07) is 0. The van der Waals surface area contributed by atoms with Crippen molar-refractivity contribution in [2.75, 3.05) is 13.2 Å². The Morgan fingerprint density at radius 3 is 1.42 bits per heavy atom. The van der Waals surface area contributed by atoms with Crippen LogP contribution in [0, 0.1) is 11.8 Å². The normalized spacial score (nSPS) is 11.3. The summed E-state index contributed by atoms with van der Waals surface area (Å²) in [5, 5.41) is 0. The third-order valence-corrected chi connectivity index (χ3v) is 5.22. The Kier molecular flexibility index (Phi) is 15.4. The van der Waals surface area contributed by atoms with E-state index in [1.807, 2.05) is 0 Å². The summed E-state index contributed by atoms with van der Waals surface area (Å²) in [4.78, 5) is 0. The van der Waals surface area contributed by atoms with E-state index < -0.39 is 17.8 Å². The molecular formula is C16H34O2Zn. The van der Waals surface area contributed by atoms with Crippen LogP contribution < -0.4 is 0 Å². The summed E-state index contributed by atoms with van der Waals surface area (Å²) in [6.45, 7) is 11.0. The quantitative estimate of drug-likeness (QED) is 0.316. The summed E-state index contributed by atoms with van der Waals surface area (Å²) < 4.78 is 11.3. The van der Waals surface area contributed by atoms with Gasteiger partial charge in [0.05, 0.1) is 0 Å². The maximum atomic E-state index is 5.65. The molecule has 0 aliphatic carbocycles. The second-order valence-corrected chi connectivity index (χ2v) is 8.63. The van der Waals surface area contributed by atoms with E-state index in [1.54, 1.807) is 0 Å². The molecule has 112 valence electrons. The van der Waals surface area contributed by atoms with Crippen LogP contribution in [0.1, 0.15) is 79.1 Å². The van der Waals surface area contributed by atoms with E-state index in [0.717, 1.165) is 25.0 Å². The van der Waals surface area contributed by atoms with Crippen molar-refractivity contribution >= 4 is 0 Å². The van der Waals surface area contributed by atoms with Gasteiger partial charge in [-0.05, 0) is 0 Å². The first-order valence-corrected chi connectivity index (χ1v) is 10.7. The molecule has 19 heavy (non-hydrogen) atoms. The SMILES string of the molecule is CC(C)CCCCC[O][Zn][O]CCCCCC(C)C. The van der Waals surface area contributed by atoms with Crippen molar-refractivity contribution < 1.29 is 25.0 Å². The van der Waals surface area contributed by atoms with Crippen LogP contribution >= 0.6 is 0 Å². The topological polar surface area (TPSA) is 18.5 Å². The molecule has 0 N–H and O–H groups in total. The van der Waals surface area contributed by atoms with Crippen LogP contribution in [0.4, 0.5) is 0 Å². The van der Waals surface area contributed by atoms with Crippen molar-refractivity contribution in [3.8, 4) is 0 Å². The summed E-state index contributed by atoms with van der Waals surface area (Å²) >= 11 is -1.10. The predicted octanol–water partition coefficient (Wildman–Crippen LogP) is 5.36. The van der Waals surface area contributed by atoms with Crippen molar-refractivity contribution in [1.29, 1.82) is 0 Å². The average molecular weight is 324 g/mol. The fourth-order valence-corrected chi connectivity index (χ4v) is 3.64. The zero-order valence-electron chi connectivity index (χ0n) is 13.7. The van der Waals surface area contributed by atoms with Crippen LogP contribution in [0.2, 0.25) is 0 Å². The molecule has 0 unspecified atom stereocenters. The minimum atomic E-state index is -1.10. The van der Waals surface area contributed by atoms with Crippen molar-refractivity contribution in [3.63, 3.8) is 0 Å². The van der Waals surface area contributed by atoms with Gasteiger partial charge in [-0.25, -0.2) is 0 Å². The van der Waals surface area contributed by atoms with E-state index in [9.17, 15) is 0 Å². The molecule has 0 spiro atoms. The second kappa shape index (κ2) is 14.9. The van der Waals surface area contributed by atoms with Crippen LogP contribution in [-0.4, -0.2) is 13.2 Å². The summed E-state index contributed by atoms with van der Waals surface area (Å²) in [6.07, 6.45) is 10.5. The molecule has 0 aromatic rings. The van der Waals surface area contributed by atoms with E-state index in [1.165, 1.54) is 51.4 Å². The van der Waals surface area contributed by atoms with Gasteiger partial charge < -0.3 is 0 Å². The van der Waals surface area contributed by atoms with E-state index in [-0.39, 0.29) is 0 Å². The van der Waals surface area contributed by atoms with Gasteiger partial charge in [-0.2, -0.15) is 0 Å². The summed E-state index contributed by atoms with van der Waals surface area (Å²) in [5.41, 5.74) is 0. The number of hydrogen-bond donors (Lipinski definition) is 0. The molecule has 0 amide bonds. The van der Waals surface area contributed by atoms with Crippen LogP contribution in [-0.2, 0) is 25.0 Å². The molecule has 0 heterocycles. The molecule has 0 rings (SSSR count). The fourth-order valence-electron chi connectivity index (χ4n) is 2.04. The Balaban J connectivity index is 2.95. The number of rotatable bonds is 14. The average Bonchev–Trinajstić information content (AvgIpc) is 2.34. The molecule has 0 atom stereocenters. The first-order valence-electron chi connectivity index (χ1n) is 8.28. The number of hydrogen-bond acceptors (Lipinski definition) is 2. The first kappa shape index (κ1) is 19.5.